The highest BCUT2D eigenvalue weighted by atomic mass is 16.5. The van der Waals surface area contributed by atoms with Gasteiger partial charge in [0.2, 0.25) is 5.75 Å². The molecule has 0 aliphatic rings. The zero-order valence-corrected chi connectivity index (χ0v) is 8.41. The fourth-order valence-electron chi connectivity index (χ4n) is 1.01. The second-order valence-corrected chi connectivity index (χ2v) is 3.05. The number of para-hydroxylation sites is 1. The summed E-state index contributed by atoms with van der Waals surface area (Å²) >= 11 is 0. The molecule has 3 nitrogen and oxygen atoms in total. The average molecular weight is 194 g/mol. The van der Waals surface area contributed by atoms with Crippen molar-refractivity contribution in [3.05, 3.63) is 30.4 Å². The van der Waals surface area contributed by atoms with Crippen LogP contribution in [0.3, 0.4) is 0 Å². The minimum atomic E-state index is 0.0746. The Hall–Kier alpha value is -1.64. The van der Waals surface area contributed by atoms with Crippen LogP contribution in [0.4, 0.5) is 0 Å². The first-order valence-electron chi connectivity index (χ1n) is 4.28. The van der Waals surface area contributed by atoms with Crippen LogP contribution in [0.1, 0.15) is 6.92 Å². The molecule has 1 N–H and O–H groups in total. The van der Waals surface area contributed by atoms with Gasteiger partial charge in [-0.1, -0.05) is 12.6 Å². The van der Waals surface area contributed by atoms with Crippen LogP contribution in [0.25, 0.3) is 0 Å². The Morgan fingerprint density at radius 1 is 1.50 bits per heavy atom. The lowest BCUT2D eigenvalue weighted by molar-refractivity contribution is 0.301. The minimum absolute atomic E-state index is 0.0746. The van der Waals surface area contributed by atoms with Crippen molar-refractivity contribution in [1.29, 1.82) is 0 Å². The molecule has 0 aliphatic carbocycles. The van der Waals surface area contributed by atoms with E-state index in [1.807, 2.05) is 6.92 Å². The molecule has 0 spiro atoms. The molecule has 3 heteroatoms. The van der Waals surface area contributed by atoms with Crippen LogP contribution in [0.15, 0.2) is 30.4 Å². The van der Waals surface area contributed by atoms with E-state index < -0.39 is 0 Å². The monoisotopic (exact) mass is 194 g/mol. The van der Waals surface area contributed by atoms with E-state index in [9.17, 15) is 5.11 Å². The first-order chi connectivity index (χ1) is 6.65. The van der Waals surface area contributed by atoms with Gasteiger partial charge in [0.05, 0.1) is 7.11 Å². The van der Waals surface area contributed by atoms with Crippen molar-refractivity contribution in [3.63, 3.8) is 0 Å². The summed E-state index contributed by atoms with van der Waals surface area (Å²) in [5.41, 5.74) is 0.885. The van der Waals surface area contributed by atoms with E-state index in [1.54, 1.807) is 18.2 Å². The van der Waals surface area contributed by atoms with Crippen molar-refractivity contribution >= 4 is 0 Å². The molecule has 0 amide bonds. The molecule has 0 bridgehead atoms. The summed E-state index contributed by atoms with van der Waals surface area (Å²) < 4.78 is 10.4. The van der Waals surface area contributed by atoms with Gasteiger partial charge in [0, 0.05) is 0 Å². The average Bonchev–Trinajstić information content (AvgIpc) is 2.15. The van der Waals surface area contributed by atoms with Gasteiger partial charge >= 0.3 is 0 Å². The minimum Gasteiger partial charge on any atom is -0.504 e. The van der Waals surface area contributed by atoms with Gasteiger partial charge in [-0.05, 0) is 24.6 Å². The Balaban J connectivity index is 2.87. The van der Waals surface area contributed by atoms with Gasteiger partial charge in [-0.15, -0.1) is 0 Å². The largest absolute Gasteiger partial charge is 0.504 e. The first kappa shape index (κ1) is 10.4. The number of aromatic hydroxyl groups is 1. The van der Waals surface area contributed by atoms with Gasteiger partial charge in [0.15, 0.2) is 11.5 Å². The first-order valence-corrected chi connectivity index (χ1v) is 4.28. The van der Waals surface area contributed by atoms with E-state index in [-0.39, 0.29) is 5.75 Å². The van der Waals surface area contributed by atoms with Crippen molar-refractivity contribution in [3.8, 4) is 17.2 Å². The number of phenolic OH excluding ortho intramolecular Hbond substituents is 1. The van der Waals surface area contributed by atoms with E-state index in [2.05, 4.69) is 6.58 Å². The summed E-state index contributed by atoms with van der Waals surface area (Å²) in [6.45, 7) is 5.93. The van der Waals surface area contributed by atoms with Crippen LogP contribution in [-0.2, 0) is 0 Å². The molecule has 0 aliphatic heterocycles. The number of hydrogen-bond acceptors (Lipinski definition) is 3. The second-order valence-electron chi connectivity index (χ2n) is 3.05. The Labute approximate surface area is 83.6 Å². The predicted octanol–water partition coefficient (Wildman–Crippen LogP) is 2.36. The van der Waals surface area contributed by atoms with Crippen molar-refractivity contribution < 1.29 is 14.6 Å². The Morgan fingerprint density at radius 3 is 2.79 bits per heavy atom. The molecule has 1 aromatic rings. The van der Waals surface area contributed by atoms with Crippen molar-refractivity contribution in [2.45, 2.75) is 6.92 Å². The number of hydrogen-bond donors (Lipinski definition) is 1. The van der Waals surface area contributed by atoms with Crippen LogP contribution in [0.5, 0.6) is 17.2 Å². The maximum Gasteiger partial charge on any atom is 0.203 e. The number of rotatable bonds is 4. The molecule has 0 atom stereocenters. The third-order valence-corrected chi connectivity index (χ3v) is 1.64. The molecule has 0 saturated heterocycles. The summed E-state index contributed by atoms with van der Waals surface area (Å²) in [7, 11) is 1.53. The molecular weight excluding hydrogens is 180 g/mol. The van der Waals surface area contributed by atoms with E-state index in [4.69, 9.17) is 9.47 Å². The Morgan fingerprint density at radius 2 is 2.21 bits per heavy atom. The fraction of sp³-hybridized carbons (Fsp3) is 0.273. The third kappa shape index (κ3) is 2.42. The summed E-state index contributed by atoms with van der Waals surface area (Å²) in [5, 5.41) is 9.50. The highest BCUT2D eigenvalue weighted by Crippen LogP contribution is 2.35. The molecular formula is C11H14O3. The zero-order chi connectivity index (χ0) is 10.6. The Kier molecular flexibility index (Phi) is 3.40. The van der Waals surface area contributed by atoms with Gasteiger partial charge < -0.3 is 14.6 Å². The molecule has 0 heterocycles. The molecule has 1 aromatic carbocycles. The van der Waals surface area contributed by atoms with Gasteiger partial charge in [0.1, 0.15) is 6.61 Å². The van der Waals surface area contributed by atoms with Crippen molar-refractivity contribution in [1.82, 2.24) is 0 Å². The summed E-state index contributed by atoms with van der Waals surface area (Å²) in [5.74, 6) is 0.954. The van der Waals surface area contributed by atoms with Gasteiger partial charge in [0.25, 0.3) is 0 Å². The normalized spacial score (nSPS) is 9.57. The number of methoxy groups -OCH3 is 1. The summed E-state index contributed by atoms with van der Waals surface area (Å²) in [6.07, 6.45) is 0. The van der Waals surface area contributed by atoms with Gasteiger partial charge in [-0.2, -0.15) is 0 Å². The molecule has 14 heavy (non-hydrogen) atoms. The lowest BCUT2D eigenvalue weighted by atomic mass is 10.3. The topological polar surface area (TPSA) is 38.7 Å². The van der Waals surface area contributed by atoms with Crippen molar-refractivity contribution in [2.24, 2.45) is 0 Å². The van der Waals surface area contributed by atoms with Crippen LogP contribution in [0, 0.1) is 0 Å². The molecule has 0 unspecified atom stereocenters. The maximum absolute atomic E-state index is 9.50. The standard InChI is InChI=1S/C11H14O3/c1-8(2)7-14-11-9(12)5-4-6-10(11)13-3/h4-6,12H,1,7H2,2-3H3. The molecule has 0 aromatic heterocycles. The lowest BCUT2D eigenvalue weighted by Gasteiger charge is -2.11. The summed E-state index contributed by atoms with van der Waals surface area (Å²) in [4.78, 5) is 0. The number of benzene rings is 1. The smallest absolute Gasteiger partial charge is 0.203 e. The third-order valence-electron chi connectivity index (χ3n) is 1.64. The van der Waals surface area contributed by atoms with E-state index >= 15 is 0 Å². The van der Waals surface area contributed by atoms with Crippen LogP contribution < -0.4 is 9.47 Å². The molecule has 76 valence electrons. The number of ether oxygens (including phenoxy) is 2. The SMILES string of the molecule is C=C(C)COc1c(O)cccc1OC. The molecule has 1 rings (SSSR count). The molecule has 0 radical (unpaired) electrons. The maximum atomic E-state index is 9.50. The fourth-order valence-corrected chi connectivity index (χ4v) is 1.01. The summed E-state index contributed by atoms with van der Waals surface area (Å²) in [6, 6.07) is 4.98. The van der Waals surface area contributed by atoms with E-state index in [0.29, 0.717) is 18.1 Å². The number of phenols is 1. The second kappa shape index (κ2) is 4.56. The Bertz CT molecular complexity index is 331. The highest BCUT2D eigenvalue weighted by Gasteiger charge is 2.08. The highest BCUT2D eigenvalue weighted by molar-refractivity contribution is 5.50. The lowest BCUT2D eigenvalue weighted by Crippen LogP contribution is -1.99. The van der Waals surface area contributed by atoms with Gasteiger partial charge in [-0.25, -0.2) is 0 Å². The molecule has 0 saturated carbocycles. The quantitative estimate of drug-likeness (QED) is 0.748. The predicted molar refractivity (Wildman–Crippen MR) is 55.0 cm³/mol. The van der Waals surface area contributed by atoms with Crippen LogP contribution >= 0.6 is 0 Å². The van der Waals surface area contributed by atoms with E-state index in [0.717, 1.165) is 5.57 Å². The van der Waals surface area contributed by atoms with E-state index in [1.165, 1.54) is 7.11 Å². The van der Waals surface area contributed by atoms with Crippen LogP contribution in [-0.4, -0.2) is 18.8 Å². The van der Waals surface area contributed by atoms with Crippen LogP contribution in [0.2, 0.25) is 0 Å². The molecule has 0 fully saturated rings. The van der Waals surface area contributed by atoms with Crippen molar-refractivity contribution in [2.75, 3.05) is 13.7 Å². The van der Waals surface area contributed by atoms with Gasteiger partial charge in [-0.3, -0.25) is 0 Å². The zero-order valence-electron chi connectivity index (χ0n) is 8.41.